The van der Waals surface area contributed by atoms with Gasteiger partial charge < -0.3 is 20.6 Å². The number of aliphatic carboxylic acids is 1. The Bertz CT molecular complexity index is 376. The maximum Gasteiger partial charge on any atom is 0.320 e. The first-order valence-electron chi connectivity index (χ1n) is 6.86. The molecular formula is C13H23N3O4. The van der Waals surface area contributed by atoms with Crippen molar-refractivity contribution in [3.8, 4) is 0 Å². The lowest BCUT2D eigenvalue weighted by atomic mass is 9.97. The van der Waals surface area contributed by atoms with Crippen molar-refractivity contribution >= 4 is 17.9 Å². The summed E-state index contributed by atoms with van der Waals surface area (Å²) in [6, 6.07) is -0.235. The zero-order valence-electron chi connectivity index (χ0n) is 12.0. The molecule has 0 radical (unpaired) electrons. The van der Waals surface area contributed by atoms with Crippen molar-refractivity contribution in [2.75, 3.05) is 26.2 Å². The Morgan fingerprint density at radius 3 is 2.25 bits per heavy atom. The SMILES string of the molecule is CC(C)CN(CC(N)=O)C(=O)N1CCC(C(=O)O)CC1. The molecule has 0 aromatic heterocycles. The summed E-state index contributed by atoms with van der Waals surface area (Å²) in [5, 5.41) is 8.94. The Kier molecular flexibility index (Phi) is 5.79. The number of hydrogen-bond donors (Lipinski definition) is 2. The van der Waals surface area contributed by atoms with Crippen molar-refractivity contribution in [1.29, 1.82) is 0 Å². The van der Waals surface area contributed by atoms with E-state index in [0.717, 1.165) is 0 Å². The number of amides is 3. The van der Waals surface area contributed by atoms with Crippen LogP contribution in [0.4, 0.5) is 4.79 Å². The summed E-state index contributed by atoms with van der Waals surface area (Å²) < 4.78 is 0. The highest BCUT2D eigenvalue weighted by Gasteiger charge is 2.29. The highest BCUT2D eigenvalue weighted by atomic mass is 16.4. The Hall–Kier alpha value is -1.79. The predicted octanol–water partition coefficient (Wildman–Crippen LogP) is 0.346. The molecule has 3 amide bonds. The van der Waals surface area contributed by atoms with Gasteiger partial charge in [-0.05, 0) is 18.8 Å². The fourth-order valence-electron chi connectivity index (χ4n) is 2.36. The summed E-state index contributed by atoms with van der Waals surface area (Å²) in [6.07, 6.45) is 0.903. The van der Waals surface area contributed by atoms with Crippen molar-refractivity contribution in [2.24, 2.45) is 17.6 Å². The quantitative estimate of drug-likeness (QED) is 0.760. The molecule has 0 saturated carbocycles. The second kappa shape index (κ2) is 7.12. The molecular weight excluding hydrogens is 262 g/mol. The van der Waals surface area contributed by atoms with Gasteiger partial charge in [-0.1, -0.05) is 13.8 Å². The number of nitrogens with two attached hydrogens (primary N) is 1. The van der Waals surface area contributed by atoms with Crippen LogP contribution in [0.1, 0.15) is 26.7 Å². The summed E-state index contributed by atoms with van der Waals surface area (Å²) in [5.41, 5.74) is 5.17. The van der Waals surface area contributed by atoms with E-state index < -0.39 is 11.9 Å². The fourth-order valence-corrected chi connectivity index (χ4v) is 2.36. The third kappa shape index (κ3) is 4.71. The number of nitrogens with zero attached hydrogens (tertiary/aromatic N) is 2. The number of carboxylic acids is 1. The van der Waals surface area contributed by atoms with Gasteiger partial charge in [0, 0.05) is 19.6 Å². The van der Waals surface area contributed by atoms with E-state index in [9.17, 15) is 14.4 Å². The number of urea groups is 1. The first kappa shape index (κ1) is 16.3. The molecule has 0 aliphatic carbocycles. The van der Waals surface area contributed by atoms with Crippen LogP contribution >= 0.6 is 0 Å². The van der Waals surface area contributed by atoms with Crippen LogP contribution in [0.3, 0.4) is 0 Å². The zero-order valence-corrected chi connectivity index (χ0v) is 12.0. The lowest BCUT2D eigenvalue weighted by Gasteiger charge is -2.35. The van der Waals surface area contributed by atoms with Crippen LogP contribution in [0.5, 0.6) is 0 Å². The van der Waals surface area contributed by atoms with Crippen LogP contribution in [0.25, 0.3) is 0 Å². The maximum atomic E-state index is 12.3. The van der Waals surface area contributed by atoms with E-state index in [2.05, 4.69) is 0 Å². The topological polar surface area (TPSA) is 104 Å². The van der Waals surface area contributed by atoms with E-state index in [-0.39, 0.29) is 24.4 Å². The molecule has 7 nitrogen and oxygen atoms in total. The minimum absolute atomic E-state index is 0.101. The minimum atomic E-state index is -0.812. The zero-order chi connectivity index (χ0) is 15.3. The molecule has 1 fully saturated rings. The number of primary amides is 1. The van der Waals surface area contributed by atoms with Gasteiger partial charge in [-0.3, -0.25) is 9.59 Å². The van der Waals surface area contributed by atoms with Crippen molar-refractivity contribution in [1.82, 2.24) is 9.80 Å². The van der Waals surface area contributed by atoms with Crippen LogP contribution in [-0.2, 0) is 9.59 Å². The van der Waals surface area contributed by atoms with E-state index >= 15 is 0 Å². The van der Waals surface area contributed by atoms with Crippen molar-refractivity contribution in [2.45, 2.75) is 26.7 Å². The molecule has 7 heteroatoms. The largest absolute Gasteiger partial charge is 0.481 e. The molecule has 114 valence electrons. The van der Waals surface area contributed by atoms with Gasteiger partial charge in [-0.2, -0.15) is 0 Å². The molecule has 0 atom stereocenters. The number of carbonyl (C=O) groups is 3. The lowest BCUT2D eigenvalue weighted by molar-refractivity contribution is -0.143. The Morgan fingerprint density at radius 1 is 1.30 bits per heavy atom. The van der Waals surface area contributed by atoms with Gasteiger partial charge in [0.1, 0.15) is 6.54 Å². The van der Waals surface area contributed by atoms with Gasteiger partial charge in [0.25, 0.3) is 0 Å². The third-order valence-corrected chi connectivity index (χ3v) is 3.32. The first-order valence-corrected chi connectivity index (χ1v) is 6.86. The molecule has 1 aliphatic heterocycles. The maximum absolute atomic E-state index is 12.3. The predicted molar refractivity (Wildman–Crippen MR) is 72.9 cm³/mol. The standard InChI is InChI=1S/C13H23N3O4/c1-9(2)7-16(8-11(14)17)13(20)15-5-3-10(4-6-15)12(18)19/h9-10H,3-8H2,1-2H3,(H2,14,17)(H,18,19). The van der Waals surface area contributed by atoms with Crippen LogP contribution in [0.2, 0.25) is 0 Å². The Balaban J connectivity index is 2.61. The Morgan fingerprint density at radius 2 is 1.85 bits per heavy atom. The molecule has 0 aromatic rings. The molecule has 1 rings (SSSR count). The third-order valence-electron chi connectivity index (χ3n) is 3.32. The van der Waals surface area contributed by atoms with Crippen LogP contribution in [0.15, 0.2) is 0 Å². The molecule has 1 saturated heterocycles. The second-order valence-electron chi connectivity index (χ2n) is 5.62. The van der Waals surface area contributed by atoms with Crippen LogP contribution in [0, 0.1) is 11.8 Å². The summed E-state index contributed by atoms with van der Waals surface area (Å²) in [7, 11) is 0. The number of carbonyl (C=O) groups excluding carboxylic acids is 2. The van der Waals surface area contributed by atoms with Gasteiger partial charge in [0.2, 0.25) is 5.91 Å². The van der Waals surface area contributed by atoms with Gasteiger partial charge in [0.05, 0.1) is 5.92 Å². The monoisotopic (exact) mass is 285 g/mol. The van der Waals surface area contributed by atoms with E-state index in [1.165, 1.54) is 4.90 Å². The number of rotatable bonds is 5. The average molecular weight is 285 g/mol. The molecule has 1 aliphatic rings. The highest BCUT2D eigenvalue weighted by molar-refractivity contribution is 5.83. The summed E-state index contributed by atoms with van der Waals surface area (Å²) in [6.45, 7) is 5.08. The molecule has 0 unspecified atom stereocenters. The number of hydrogen-bond acceptors (Lipinski definition) is 3. The number of piperidine rings is 1. The summed E-state index contributed by atoms with van der Waals surface area (Å²) in [4.78, 5) is 37.3. The van der Waals surface area contributed by atoms with Crippen molar-refractivity contribution < 1.29 is 19.5 Å². The summed E-state index contributed by atoms with van der Waals surface area (Å²) in [5.74, 6) is -1.50. The fraction of sp³-hybridized carbons (Fsp3) is 0.769. The van der Waals surface area contributed by atoms with E-state index in [1.54, 1.807) is 4.90 Å². The van der Waals surface area contributed by atoms with Crippen LogP contribution < -0.4 is 5.73 Å². The highest BCUT2D eigenvalue weighted by Crippen LogP contribution is 2.18. The lowest BCUT2D eigenvalue weighted by Crippen LogP contribution is -2.50. The van der Waals surface area contributed by atoms with E-state index in [4.69, 9.17) is 10.8 Å². The molecule has 0 bridgehead atoms. The normalized spacial score (nSPS) is 16.2. The molecule has 20 heavy (non-hydrogen) atoms. The average Bonchev–Trinajstić information content (AvgIpc) is 2.36. The minimum Gasteiger partial charge on any atom is -0.481 e. The van der Waals surface area contributed by atoms with E-state index in [1.807, 2.05) is 13.8 Å². The Labute approximate surface area is 118 Å². The molecule has 1 heterocycles. The number of carboxylic acid groups (broad SMARTS) is 1. The second-order valence-corrected chi connectivity index (χ2v) is 5.62. The van der Waals surface area contributed by atoms with Gasteiger partial charge in [-0.15, -0.1) is 0 Å². The smallest absolute Gasteiger partial charge is 0.320 e. The van der Waals surface area contributed by atoms with E-state index in [0.29, 0.717) is 32.5 Å². The van der Waals surface area contributed by atoms with Crippen LogP contribution in [-0.4, -0.2) is 59.0 Å². The van der Waals surface area contributed by atoms with Gasteiger partial charge in [0.15, 0.2) is 0 Å². The summed E-state index contributed by atoms with van der Waals surface area (Å²) >= 11 is 0. The first-order chi connectivity index (χ1) is 9.31. The van der Waals surface area contributed by atoms with Crippen molar-refractivity contribution in [3.63, 3.8) is 0 Å². The number of likely N-dealkylation sites (tertiary alicyclic amines) is 1. The van der Waals surface area contributed by atoms with Gasteiger partial charge >= 0.3 is 12.0 Å². The molecule has 0 aromatic carbocycles. The molecule has 0 spiro atoms. The van der Waals surface area contributed by atoms with Crippen molar-refractivity contribution in [3.05, 3.63) is 0 Å². The van der Waals surface area contributed by atoms with Gasteiger partial charge in [-0.25, -0.2) is 4.79 Å². The molecule has 3 N–H and O–H groups in total.